The summed E-state index contributed by atoms with van der Waals surface area (Å²) in [5.74, 6) is 0. The maximum Gasteiger partial charge on any atom is 0.0643 e. The molecular weight excluding hydrogens is 102 g/mol. The molecule has 2 heteroatoms. The first kappa shape index (κ1) is 1.70. The van der Waals surface area contributed by atoms with Crippen LogP contribution in [0.5, 0.6) is 0 Å². The van der Waals surface area contributed by atoms with Crippen LogP contribution in [0.25, 0.3) is 0 Å². The zero-order valence-corrected chi connectivity index (χ0v) is 4.40. The fraction of sp³-hybridized carbons (Fsp3) is 1.00. The first-order chi connectivity index (χ1) is 6.63. The van der Waals surface area contributed by atoms with Crippen molar-refractivity contribution in [3.63, 3.8) is 0 Å². The van der Waals surface area contributed by atoms with Crippen LogP contribution in [0.3, 0.4) is 0 Å². The van der Waals surface area contributed by atoms with Crippen LogP contribution in [-0.4, -0.2) is 25.3 Å². The maximum absolute atomic E-state index is 7.48. The molecule has 0 radical (unpaired) electrons. The minimum absolute atomic E-state index is 0.117. The smallest absolute Gasteiger partial charge is 0.0643 e. The van der Waals surface area contributed by atoms with E-state index in [-0.39, 0.29) is 13.2 Å². The van der Waals surface area contributed by atoms with Gasteiger partial charge in [0.05, 0.1) is 14.6 Å². The average Bonchev–Trinajstić information content (AvgIpc) is 2.00. The third kappa shape index (κ3) is 1.46. The van der Waals surface area contributed by atoms with Gasteiger partial charge in [0.25, 0.3) is 0 Å². The van der Waals surface area contributed by atoms with Crippen LogP contribution < -0.4 is 5.32 Å². The molecule has 48 valence electrons. The first-order valence-electron chi connectivity index (χ1n) is 5.99. The number of ether oxygens (including phenoxy) is 1. The lowest BCUT2D eigenvalue weighted by atomic mass is 10.1. The molecular formula is C6H13NO. The predicted octanol–water partition coefficient (Wildman–Crippen LogP) is 0.385. The van der Waals surface area contributed by atoms with Crippen molar-refractivity contribution in [3.05, 3.63) is 0 Å². The van der Waals surface area contributed by atoms with E-state index in [1.54, 1.807) is 0 Å². The molecule has 1 saturated heterocycles. The van der Waals surface area contributed by atoms with Gasteiger partial charge in [-0.3, -0.25) is 0 Å². The summed E-state index contributed by atoms with van der Waals surface area (Å²) < 4.78 is 55.9. The summed E-state index contributed by atoms with van der Waals surface area (Å²) in [5.41, 5.74) is -2.29. The molecule has 8 heavy (non-hydrogen) atoms. The molecule has 1 atom stereocenters. The molecule has 1 heterocycles. The third-order valence-electron chi connectivity index (χ3n) is 0.884. The van der Waals surface area contributed by atoms with Gasteiger partial charge < -0.3 is 10.1 Å². The number of rotatable bonds is 0. The van der Waals surface area contributed by atoms with Crippen LogP contribution >= 0.6 is 0 Å². The van der Waals surface area contributed by atoms with Crippen LogP contribution in [0.4, 0.5) is 0 Å². The van der Waals surface area contributed by atoms with Gasteiger partial charge in [0.1, 0.15) is 0 Å². The molecule has 0 amide bonds. The highest BCUT2D eigenvalue weighted by Gasteiger charge is 2.19. The van der Waals surface area contributed by atoms with Crippen molar-refractivity contribution in [1.82, 2.24) is 5.32 Å². The van der Waals surface area contributed by atoms with E-state index in [1.807, 2.05) is 0 Å². The second-order valence-corrected chi connectivity index (χ2v) is 1.72. The number of hydrogen-bond acceptors (Lipinski definition) is 2. The second kappa shape index (κ2) is 2.03. The van der Waals surface area contributed by atoms with E-state index in [0.29, 0.717) is 0 Å². The van der Waals surface area contributed by atoms with Gasteiger partial charge in [-0.15, -0.1) is 0 Å². The van der Waals surface area contributed by atoms with Gasteiger partial charge in [-0.1, -0.05) is 0 Å². The Hall–Kier alpha value is -0.0800. The zero-order valence-electron chi connectivity index (χ0n) is 11.4. The van der Waals surface area contributed by atoms with Gasteiger partial charge in [0, 0.05) is 20.3 Å². The lowest BCUT2D eigenvalue weighted by Crippen LogP contribution is -2.49. The zero-order chi connectivity index (χ0) is 11.9. The van der Waals surface area contributed by atoms with Gasteiger partial charge in [-0.05, 0) is 13.7 Å². The maximum atomic E-state index is 7.48. The Morgan fingerprint density at radius 3 is 3.25 bits per heavy atom. The molecule has 0 aromatic carbocycles. The molecule has 0 bridgehead atoms. The Balaban J connectivity index is 3.17. The second-order valence-electron chi connectivity index (χ2n) is 1.72. The molecule has 1 rings (SSSR count). The normalized spacial score (nSPS) is 53.0. The summed E-state index contributed by atoms with van der Waals surface area (Å²) in [5, 5.41) is 2.42. The Morgan fingerprint density at radius 1 is 1.88 bits per heavy atom. The lowest BCUT2D eigenvalue weighted by molar-refractivity contribution is 0.0436. The minimum atomic E-state index is -2.81. The molecule has 1 N–H and O–H groups in total. The topological polar surface area (TPSA) is 21.3 Å². The molecule has 1 aliphatic heterocycles. The molecule has 0 aromatic heterocycles. The van der Waals surface area contributed by atoms with Crippen molar-refractivity contribution in [1.29, 1.82) is 0 Å². The number of hydrogen-bond donors (Lipinski definition) is 1. The molecule has 1 aliphatic rings. The number of morpholine rings is 1. The van der Waals surface area contributed by atoms with Crippen LogP contribution in [0.1, 0.15) is 23.3 Å². The molecule has 0 aromatic rings. The van der Waals surface area contributed by atoms with E-state index < -0.39 is 25.8 Å². The van der Waals surface area contributed by atoms with Crippen molar-refractivity contribution < 1.29 is 14.3 Å². The van der Waals surface area contributed by atoms with Crippen LogP contribution in [0.2, 0.25) is 0 Å². The largest absolute Gasteiger partial charge is 0.378 e. The van der Waals surface area contributed by atoms with Crippen molar-refractivity contribution >= 4 is 0 Å². The monoisotopic (exact) mass is 122 g/mol. The Labute approximate surface area is 60.1 Å². The summed E-state index contributed by atoms with van der Waals surface area (Å²) in [6.07, 6.45) is 0. The van der Waals surface area contributed by atoms with Crippen LogP contribution in [-0.2, 0) is 4.74 Å². The minimum Gasteiger partial charge on any atom is -0.378 e. The van der Waals surface area contributed by atoms with Crippen molar-refractivity contribution in [2.45, 2.75) is 19.2 Å². The first-order valence-corrected chi connectivity index (χ1v) is 2.42. The van der Waals surface area contributed by atoms with Gasteiger partial charge >= 0.3 is 0 Å². The SMILES string of the molecule is [2H]C1OCCNC1(C([2H])([2H])[2H])C([2H])([2H])[2H]. The van der Waals surface area contributed by atoms with E-state index in [2.05, 4.69) is 5.32 Å². The fourth-order valence-electron chi connectivity index (χ4n) is 0.533. The van der Waals surface area contributed by atoms with E-state index in [0.717, 1.165) is 0 Å². The summed E-state index contributed by atoms with van der Waals surface area (Å²) in [7, 11) is 0. The summed E-state index contributed by atoms with van der Waals surface area (Å²) >= 11 is 0. The molecule has 2 nitrogen and oxygen atoms in total. The molecule has 0 saturated carbocycles. The van der Waals surface area contributed by atoms with Crippen molar-refractivity contribution in [2.24, 2.45) is 0 Å². The highest BCUT2D eigenvalue weighted by molar-refractivity contribution is 4.79. The molecule has 1 fully saturated rings. The van der Waals surface area contributed by atoms with Gasteiger partial charge in [-0.2, -0.15) is 0 Å². The molecule has 0 spiro atoms. The number of nitrogens with one attached hydrogen (secondary N) is 1. The molecule has 1 unspecified atom stereocenters. The standard InChI is InChI=1S/C6H13NO/c1-6(2)5-8-4-3-7-6/h7H,3-5H2,1-2H3/i1D3,2D3,5D. The molecule has 0 aliphatic carbocycles. The van der Waals surface area contributed by atoms with Gasteiger partial charge in [0.15, 0.2) is 0 Å². The summed E-state index contributed by atoms with van der Waals surface area (Å²) in [6, 6.07) is 0. The highest BCUT2D eigenvalue weighted by Crippen LogP contribution is 2.04. The van der Waals surface area contributed by atoms with E-state index in [4.69, 9.17) is 14.3 Å². The Kier molecular flexibility index (Phi) is 0.433. The van der Waals surface area contributed by atoms with Crippen LogP contribution in [0, 0.1) is 0 Å². The Bertz CT molecular complexity index is 221. The summed E-state index contributed by atoms with van der Waals surface area (Å²) in [6.45, 7) is -6.99. The third-order valence-corrected chi connectivity index (χ3v) is 0.884. The van der Waals surface area contributed by atoms with Gasteiger partial charge in [0.2, 0.25) is 0 Å². The lowest BCUT2D eigenvalue weighted by Gasteiger charge is -2.30. The van der Waals surface area contributed by atoms with E-state index in [9.17, 15) is 0 Å². The van der Waals surface area contributed by atoms with E-state index >= 15 is 0 Å². The summed E-state index contributed by atoms with van der Waals surface area (Å²) in [4.78, 5) is 0. The van der Waals surface area contributed by atoms with Crippen molar-refractivity contribution in [2.75, 3.05) is 19.7 Å². The fourth-order valence-corrected chi connectivity index (χ4v) is 0.533. The highest BCUT2D eigenvalue weighted by atomic mass is 16.5. The Morgan fingerprint density at radius 2 is 2.75 bits per heavy atom. The average molecular weight is 122 g/mol. The predicted molar refractivity (Wildman–Crippen MR) is 32.9 cm³/mol. The van der Waals surface area contributed by atoms with Crippen molar-refractivity contribution in [3.8, 4) is 0 Å². The van der Waals surface area contributed by atoms with E-state index in [1.165, 1.54) is 0 Å². The van der Waals surface area contributed by atoms with Gasteiger partial charge in [-0.25, -0.2) is 0 Å². The quantitative estimate of drug-likeness (QED) is 0.501. The van der Waals surface area contributed by atoms with Crippen LogP contribution in [0.15, 0.2) is 0 Å².